The molecule has 0 spiro atoms. The van der Waals surface area contributed by atoms with Gasteiger partial charge in [0, 0.05) is 0 Å². The Bertz CT molecular complexity index is 378. The van der Waals surface area contributed by atoms with E-state index in [9.17, 15) is 14.4 Å². The normalized spacial score (nSPS) is 21.3. The van der Waals surface area contributed by atoms with Gasteiger partial charge in [0.15, 0.2) is 0 Å². The van der Waals surface area contributed by atoms with Crippen molar-refractivity contribution in [2.75, 3.05) is 6.54 Å². The standard InChI is InChI=1S/C13H23N3O4/c1-7(2)10(13(19)20)16-11(17)8(3)15-12(18)9-5-4-6-14-9/h7-10,14H,4-6H2,1-3H3,(H,15,18)(H,16,17)(H,19,20)/t8-,9-,10-/m0/s1. The van der Waals surface area contributed by atoms with Crippen molar-refractivity contribution < 1.29 is 19.5 Å². The van der Waals surface area contributed by atoms with Crippen LogP contribution in [0.2, 0.25) is 0 Å². The largest absolute Gasteiger partial charge is 0.480 e. The molecule has 0 aliphatic carbocycles. The van der Waals surface area contributed by atoms with Crippen LogP contribution in [-0.2, 0) is 14.4 Å². The average Bonchev–Trinajstić information content (AvgIpc) is 2.88. The van der Waals surface area contributed by atoms with E-state index in [1.807, 2.05) is 0 Å². The molecule has 0 radical (unpaired) electrons. The third-order valence-corrected chi connectivity index (χ3v) is 3.36. The molecule has 20 heavy (non-hydrogen) atoms. The van der Waals surface area contributed by atoms with Crippen LogP contribution in [0.4, 0.5) is 0 Å². The summed E-state index contributed by atoms with van der Waals surface area (Å²) in [5, 5.41) is 17.1. The zero-order chi connectivity index (χ0) is 15.3. The highest BCUT2D eigenvalue weighted by molar-refractivity contribution is 5.91. The number of hydrogen-bond donors (Lipinski definition) is 4. The number of carboxylic acid groups (broad SMARTS) is 1. The maximum Gasteiger partial charge on any atom is 0.326 e. The van der Waals surface area contributed by atoms with E-state index < -0.39 is 24.0 Å². The number of carbonyl (C=O) groups is 3. The first-order valence-electron chi connectivity index (χ1n) is 6.90. The van der Waals surface area contributed by atoms with Gasteiger partial charge in [0.1, 0.15) is 12.1 Å². The number of aliphatic carboxylic acids is 1. The van der Waals surface area contributed by atoms with Gasteiger partial charge in [-0.1, -0.05) is 13.8 Å². The van der Waals surface area contributed by atoms with Crippen molar-refractivity contribution in [1.29, 1.82) is 0 Å². The van der Waals surface area contributed by atoms with Gasteiger partial charge in [0.2, 0.25) is 11.8 Å². The fraction of sp³-hybridized carbons (Fsp3) is 0.769. The van der Waals surface area contributed by atoms with Gasteiger partial charge in [-0.3, -0.25) is 9.59 Å². The summed E-state index contributed by atoms with van der Waals surface area (Å²) in [5.41, 5.74) is 0. The lowest BCUT2D eigenvalue weighted by atomic mass is 10.0. The van der Waals surface area contributed by atoms with E-state index >= 15 is 0 Å². The molecule has 1 aliphatic rings. The number of rotatable bonds is 6. The van der Waals surface area contributed by atoms with Gasteiger partial charge in [-0.15, -0.1) is 0 Å². The van der Waals surface area contributed by atoms with Crippen LogP contribution in [0.5, 0.6) is 0 Å². The van der Waals surface area contributed by atoms with Crippen LogP contribution in [0.1, 0.15) is 33.6 Å². The zero-order valence-electron chi connectivity index (χ0n) is 12.1. The van der Waals surface area contributed by atoms with Gasteiger partial charge in [0.05, 0.1) is 6.04 Å². The number of hydrogen-bond acceptors (Lipinski definition) is 4. The highest BCUT2D eigenvalue weighted by Crippen LogP contribution is 2.05. The molecule has 1 aliphatic heterocycles. The van der Waals surface area contributed by atoms with Crippen LogP contribution in [0.3, 0.4) is 0 Å². The molecule has 1 fully saturated rings. The molecule has 1 saturated heterocycles. The summed E-state index contributed by atoms with van der Waals surface area (Å²) in [6.07, 6.45) is 1.69. The summed E-state index contributed by atoms with van der Waals surface area (Å²) >= 11 is 0. The summed E-state index contributed by atoms with van der Waals surface area (Å²) < 4.78 is 0. The number of nitrogens with one attached hydrogen (secondary N) is 3. The first-order valence-corrected chi connectivity index (χ1v) is 6.90. The Morgan fingerprint density at radius 1 is 1.20 bits per heavy atom. The highest BCUT2D eigenvalue weighted by Gasteiger charge is 2.28. The Hall–Kier alpha value is -1.63. The minimum Gasteiger partial charge on any atom is -0.480 e. The maximum absolute atomic E-state index is 11.9. The van der Waals surface area contributed by atoms with Crippen LogP contribution < -0.4 is 16.0 Å². The van der Waals surface area contributed by atoms with Gasteiger partial charge < -0.3 is 21.1 Å². The van der Waals surface area contributed by atoms with E-state index in [4.69, 9.17) is 5.11 Å². The summed E-state index contributed by atoms with van der Waals surface area (Å²) in [6, 6.07) is -1.97. The van der Waals surface area contributed by atoms with Crippen molar-refractivity contribution in [3.8, 4) is 0 Å². The Labute approximate surface area is 118 Å². The number of carboxylic acids is 1. The third kappa shape index (κ3) is 4.48. The van der Waals surface area contributed by atoms with E-state index in [0.29, 0.717) is 0 Å². The predicted octanol–water partition coefficient (Wildman–Crippen LogP) is -0.531. The van der Waals surface area contributed by atoms with Crippen molar-refractivity contribution in [2.45, 2.75) is 51.7 Å². The molecule has 114 valence electrons. The topological polar surface area (TPSA) is 108 Å². The lowest BCUT2D eigenvalue weighted by Gasteiger charge is -2.22. The molecule has 7 heteroatoms. The summed E-state index contributed by atoms with van der Waals surface area (Å²) in [7, 11) is 0. The zero-order valence-corrected chi connectivity index (χ0v) is 12.1. The van der Waals surface area contributed by atoms with Gasteiger partial charge in [0.25, 0.3) is 0 Å². The Morgan fingerprint density at radius 3 is 2.30 bits per heavy atom. The van der Waals surface area contributed by atoms with Gasteiger partial charge in [-0.05, 0) is 32.2 Å². The van der Waals surface area contributed by atoms with Crippen molar-refractivity contribution >= 4 is 17.8 Å². The van der Waals surface area contributed by atoms with Crippen LogP contribution >= 0.6 is 0 Å². The van der Waals surface area contributed by atoms with Crippen molar-refractivity contribution in [2.24, 2.45) is 5.92 Å². The van der Waals surface area contributed by atoms with Crippen LogP contribution in [0.25, 0.3) is 0 Å². The van der Waals surface area contributed by atoms with Crippen LogP contribution in [0, 0.1) is 5.92 Å². The average molecular weight is 285 g/mol. The summed E-state index contributed by atoms with van der Waals surface area (Å²) in [5.74, 6) is -2.01. The summed E-state index contributed by atoms with van der Waals surface area (Å²) in [4.78, 5) is 34.8. The van der Waals surface area contributed by atoms with E-state index in [-0.39, 0.29) is 17.9 Å². The van der Waals surface area contributed by atoms with Gasteiger partial charge >= 0.3 is 5.97 Å². The highest BCUT2D eigenvalue weighted by atomic mass is 16.4. The Morgan fingerprint density at radius 2 is 1.85 bits per heavy atom. The molecule has 1 heterocycles. The maximum atomic E-state index is 11.9. The minimum absolute atomic E-state index is 0.221. The first-order chi connectivity index (χ1) is 9.32. The quantitative estimate of drug-likeness (QED) is 0.525. The van der Waals surface area contributed by atoms with Gasteiger partial charge in [-0.25, -0.2) is 4.79 Å². The smallest absolute Gasteiger partial charge is 0.326 e. The predicted molar refractivity (Wildman–Crippen MR) is 73.0 cm³/mol. The molecule has 0 aromatic heterocycles. The number of carbonyl (C=O) groups excluding carboxylic acids is 2. The minimum atomic E-state index is -1.08. The first kappa shape index (κ1) is 16.4. The molecule has 4 N–H and O–H groups in total. The molecular formula is C13H23N3O4. The van der Waals surface area contributed by atoms with Crippen LogP contribution in [-0.4, -0.2) is 47.6 Å². The molecule has 2 amide bonds. The third-order valence-electron chi connectivity index (χ3n) is 3.36. The van der Waals surface area contributed by atoms with Crippen molar-refractivity contribution in [3.63, 3.8) is 0 Å². The second-order valence-electron chi connectivity index (χ2n) is 5.45. The number of amides is 2. The second-order valence-corrected chi connectivity index (χ2v) is 5.45. The molecule has 0 saturated carbocycles. The molecule has 3 atom stereocenters. The van der Waals surface area contributed by atoms with Crippen molar-refractivity contribution in [3.05, 3.63) is 0 Å². The lowest BCUT2D eigenvalue weighted by Crippen LogP contribution is -2.54. The Kier molecular flexibility index (Phi) is 5.94. The second kappa shape index (κ2) is 7.23. The van der Waals surface area contributed by atoms with Gasteiger partial charge in [-0.2, -0.15) is 0 Å². The molecule has 0 aromatic carbocycles. The van der Waals surface area contributed by atoms with E-state index in [1.165, 1.54) is 0 Å². The fourth-order valence-electron chi connectivity index (χ4n) is 2.08. The van der Waals surface area contributed by atoms with E-state index in [1.54, 1.807) is 20.8 Å². The molecule has 0 unspecified atom stereocenters. The SMILES string of the molecule is CC(C)[C@H](NC(=O)[C@H](C)NC(=O)[C@@H]1CCCN1)C(=O)O. The van der Waals surface area contributed by atoms with Crippen molar-refractivity contribution in [1.82, 2.24) is 16.0 Å². The Balaban J connectivity index is 2.49. The molecule has 0 aromatic rings. The van der Waals surface area contributed by atoms with E-state index in [2.05, 4.69) is 16.0 Å². The molecular weight excluding hydrogens is 262 g/mol. The fourth-order valence-corrected chi connectivity index (χ4v) is 2.08. The molecule has 0 bridgehead atoms. The van der Waals surface area contributed by atoms with E-state index in [0.717, 1.165) is 19.4 Å². The summed E-state index contributed by atoms with van der Waals surface area (Å²) in [6.45, 7) is 5.77. The molecule has 1 rings (SSSR count). The van der Waals surface area contributed by atoms with Crippen LogP contribution in [0.15, 0.2) is 0 Å². The molecule has 7 nitrogen and oxygen atoms in total. The monoisotopic (exact) mass is 285 g/mol. The lowest BCUT2D eigenvalue weighted by molar-refractivity contribution is -0.143.